The number of hydrazine groups is 1. The number of carbonyl (C=O) groups excluding carboxylic acids is 2. The second kappa shape index (κ2) is 6.07. The number of carbonyl (C=O) groups is 2. The predicted molar refractivity (Wildman–Crippen MR) is 59.1 cm³/mol. The van der Waals surface area contributed by atoms with Gasteiger partial charge in [-0.25, -0.2) is 10.2 Å². The molecule has 0 radical (unpaired) electrons. The highest BCUT2D eigenvalue weighted by Crippen LogP contribution is 2.31. The van der Waals surface area contributed by atoms with Crippen LogP contribution >= 0.6 is 0 Å². The first-order chi connectivity index (χ1) is 8.86. The maximum atomic E-state index is 12.6. The number of rotatable bonds is 2. The molecule has 0 aliphatic rings. The summed E-state index contributed by atoms with van der Waals surface area (Å²) >= 11 is 0. The third-order valence-electron chi connectivity index (χ3n) is 2.03. The highest BCUT2D eigenvalue weighted by Gasteiger charge is 2.34. The first kappa shape index (κ1) is 14.8. The van der Waals surface area contributed by atoms with Gasteiger partial charge in [0, 0.05) is 0 Å². The molecular formula is C11H11F3N2O3. The molecule has 0 bridgehead atoms. The summed E-state index contributed by atoms with van der Waals surface area (Å²) in [6.07, 6.45) is -5.61. The number of benzene rings is 1. The molecule has 0 fully saturated rings. The van der Waals surface area contributed by atoms with Crippen molar-refractivity contribution in [3.05, 3.63) is 35.4 Å². The van der Waals surface area contributed by atoms with Crippen LogP contribution in [-0.4, -0.2) is 18.6 Å². The Labute approximate surface area is 106 Å². The summed E-state index contributed by atoms with van der Waals surface area (Å²) in [6, 6.07) is 4.23. The fraction of sp³-hybridized carbons (Fsp3) is 0.273. The number of halogens is 3. The molecule has 1 aromatic carbocycles. The minimum Gasteiger partial charge on any atom is -0.449 e. The van der Waals surface area contributed by atoms with E-state index in [-0.39, 0.29) is 6.61 Å². The van der Waals surface area contributed by atoms with E-state index in [4.69, 9.17) is 0 Å². The van der Waals surface area contributed by atoms with Gasteiger partial charge in [0.1, 0.15) is 0 Å². The van der Waals surface area contributed by atoms with Gasteiger partial charge in [-0.15, -0.1) is 0 Å². The van der Waals surface area contributed by atoms with E-state index in [9.17, 15) is 22.8 Å². The van der Waals surface area contributed by atoms with E-state index in [0.29, 0.717) is 0 Å². The Balaban J connectivity index is 2.80. The number of amides is 2. The van der Waals surface area contributed by atoms with Crippen molar-refractivity contribution in [1.29, 1.82) is 0 Å². The average Bonchev–Trinajstić information content (AvgIpc) is 2.35. The highest BCUT2D eigenvalue weighted by molar-refractivity contribution is 5.96. The van der Waals surface area contributed by atoms with Crippen LogP contribution in [0.25, 0.3) is 0 Å². The summed E-state index contributed by atoms with van der Waals surface area (Å²) < 4.78 is 42.3. The van der Waals surface area contributed by atoms with E-state index in [1.165, 1.54) is 12.1 Å². The molecule has 0 heterocycles. The summed E-state index contributed by atoms with van der Waals surface area (Å²) in [5.74, 6) is -1.08. The Kier molecular flexibility index (Phi) is 4.74. The molecule has 0 unspecified atom stereocenters. The lowest BCUT2D eigenvalue weighted by atomic mass is 10.1. The fourth-order valence-corrected chi connectivity index (χ4v) is 1.27. The number of ether oxygens (including phenoxy) is 1. The minimum absolute atomic E-state index is 0.0703. The van der Waals surface area contributed by atoms with Crippen LogP contribution in [0.15, 0.2) is 24.3 Å². The van der Waals surface area contributed by atoms with Gasteiger partial charge in [-0.05, 0) is 19.1 Å². The van der Waals surface area contributed by atoms with Gasteiger partial charge in [-0.2, -0.15) is 13.2 Å². The van der Waals surface area contributed by atoms with Crippen LogP contribution < -0.4 is 10.9 Å². The molecule has 0 aliphatic carbocycles. The van der Waals surface area contributed by atoms with Crippen LogP contribution in [0.5, 0.6) is 0 Å². The molecule has 0 spiro atoms. The van der Waals surface area contributed by atoms with Crippen LogP contribution in [0.1, 0.15) is 22.8 Å². The van der Waals surface area contributed by atoms with Gasteiger partial charge in [0.25, 0.3) is 5.91 Å². The van der Waals surface area contributed by atoms with Crippen LogP contribution in [-0.2, 0) is 10.9 Å². The molecule has 19 heavy (non-hydrogen) atoms. The van der Waals surface area contributed by atoms with Crippen LogP contribution in [0.3, 0.4) is 0 Å². The maximum absolute atomic E-state index is 12.6. The van der Waals surface area contributed by atoms with Gasteiger partial charge >= 0.3 is 12.3 Å². The van der Waals surface area contributed by atoms with Crippen molar-refractivity contribution >= 4 is 12.0 Å². The lowest BCUT2D eigenvalue weighted by Gasteiger charge is -2.12. The Hall–Kier alpha value is -2.25. The summed E-state index contributed by atoms with van der Waals surface area (Å²) in [4.78, 5) is 22.4. The molecule has 0 saturated carbocycles. The maximum Gasteiger partial charge on any atom is 0.426 e. The van der Waals surface area contributed by atoms with Crippen molar-refractivity contribution in [2.24, 2.45) is 0 Å². The molecule has 0 aromatic heterocycles. The third-order valence-corrected chi connectivity index (χ3v) is 2.03. The van der Waals surface area contributed by atoms with Gasteiger partial charge < -0.3 is 4.74 Å². The van der Waals surface area contributed by atoms with Crippen molar-refractivity contribution in [3.8, 4) is 0 Å². The molecule has 8 heteroatoms. The molecule has 1 rings (SSSR count). The molecular weight excluding hydrogens is 265 g/mol. The Morgan fingerprint density at radius 1 is 1.21 bits per heavy atom. The van der Waals surface area contributed by atoms with Gasteiger partial charge in [-0.3, -0.25) is 10.2 Å². The van der Waals surface area contributed by atoms with E-state index < -0.39 is 29.3 Å². The molecule has 2 N–H and O–H groups in total. The van der Waals surface area contributed by atoms with E-state index in [0.717, 1.165) is 12.1 Å². The monoisotopic (exact) mass is 276 g/mol. The summed E-state index contributed by atoms with van der Waals surface area (Å²) in [6.45, 7) is 1.61. The van der Waals surface area contributed by atoms with Crippen molar-refractivity contribution in [1.82, 2.24) is 10.9 Å². The van der Waals surface area contributed by atoms with E-state index in [1.54, 1.807) is 6.92 Å². The zero-order valence-electron chi connectivity index (χ0n) is 9.88. The number of nitrogens with one attached hydrogen (secondary N) is 2. The lowest BCUT2D eigenvalue weighted by Crippen LogP contribution is -2.42. The molecule has 0 aliphatic heterocycles. The molecule has 2 amide bonds. The zero-order valence-corrected chi connectivity index (χ0v) is 9.88. The smallest absolute Gasteiger partial charge is 0.426 e. The Bertz CT molecular complexity index is 474. The topological polar surface area (TPSA) is 67.4 Å². The number of hydrogen-bond acceptors (Lipinski definition) is 3. The van der Waals surface area contributed by atoms with Gasteiger partial charge in [0.15, 0.2) is 0 Å². The average molecular weight is 276 g/mol. The standard InChI is InChI=1S/C11H11F3N2O3/c1-2-19-10(18)16-15-9(17)7-5-3-4-6-8(7)11(12,13)14/h3-6H,2H2,1H3,(H,15,17)(H,16,18). The van der Waals surface area contributed by atoms with E-state index >= 15 is 0 Å². The van der Waals surface area contributed by atoms with E-state index in [1.807, 2.05) is 10.9 Å². The predicted octanol–water partition coefficient (Wildman–Crippen LogP) is 2.10. The molecule has 0 saturated heterocycles. The lowest BCUT2D eigenvalue weighted by molar-refractivity contribution is -0.137. The fourth-order valence-electron chi connectivity index (χ4n) is 1.27. The van der Waals surface area contributed by atoms with Gasteiger partial charge in [0.05, 0.1) is 17.7 Å². The summed E-state index contributed by atoms with van der Waals surface area (Å²) in [7, 11) is 0. The first-order valence-electron chi connectivity index (χ1n) is 5.25. The van der Waals surface area contributed by atoms with Crippen LogP contribution in [0.2, 0.25) is 0 Å². The molecule has 5 nitrogen and oxygen atoms in total. The van der Waals surface area contributed by atoms with Crippen LogP contribution in [0, 0.1) is 0 Å². The largest absolute Gasteiger partial charge is 0.449 e. The van der Waals surface area contributed by atoms with Gasteiger partial charge in [-0.1, -0.05) is 12.1 Å². The van der Waals surface area contributed by atoms with Crippen molar-refractivity contribution in [2.45, 2.75) is 13.1 Å². The third kappa shape index (κ3) is 4.16. The summed E-state index contributed by atoms with van der Waals surface area (Å²) in [5, 5.41) is 0. The molecule has 0 atom stereocenters. The first-order valence-corrected chi connectivity index (χ1v) is 5.25. The van der Waals surface area contributed by atoms with Crippen molar-refractivity contribution in [2.75, 3.05) is 6.61 Å². The van der Waals surface area contributed by atoms with Crippen molar-refractivity contribution < 1.29 is 27.5 Å². The summed E-state index contributed by atoms with van der Waals surface area (Å²) in [5.41, 5.74) is 1.99. The number of alkyl halides is 3. The zero-order chi connectivity index (χ0) is 14.5. The minimum atomic E-state index is -4.65. The second-order valence-electron chi connectivity index (χ2n) is 3.34. The highest BCUT2D eigenvalue weighted by atomic mass is 19.4. The second-order valence-corrected chi connectivity index (χ2v) is 3.34. The molecule has 104 valence electrons. The number of hydrogen-bond donors (Lipinski definition) is 2. The normalized spacial score (nSPS) is 10.7. The van der Waals surface area contributed by atoms with Crippen LogP contribution in [0.4, 0.5) is 18.0 Å². The quantitative estimate of drug-likeness (QED) is 0.813. The van der Waals surface area contributed by atoms with E-state index in [2.05, 4.69) is 4.74 Å². The Morgan fingerprint density at radius 3 is 2.42 bits per heavy atom. The van der Waals surface area contributed by atoms with Crippen molar-refractivity contribution in [3.63, 3.8) is 0 Å². The Morgan fingerprint density at radius 2 is 1.84 bits per heavy atom. The molecule has 1 aromatic rings. The SMILES string of the molecule is CCOC(=O)NNC(=O)c1ccccc1C(F)(F)F. The van der Waals surface area contributed by atoms with Gasteiger partial charge in [0.2, 0.25) is 0 Å².